The zero-order valence-electron chi connectivity index (χ0n) is 11.8. The second kappa shape index (κ2) is 9.07. The lowest BCUT2D eigenvalue weighted by molar-refractivity contribution is 1.47. The molecular weight excluding hydrogens is 216 g/mol. The van der Waals surface area contributed by atoms with E-state index in [2.05, 4.69) is 75.2 Å². The first-order valence-corrected chi connectivity index (χ1v) is 6.26. The van der Waals surface area contributed by atoms with Crippen LogP contribution >= 0.6 is 0 Å². The Morgan fingerprint density at radius 2 is 1.44 bits per heavy atom. The van der Waals surface area contributed by atoms with Crippen LogP contribution in [0.4, 0.5) is 0 Å². The van der Waals surface area contributed by atoms with E-state index in [1.165, 1.54) is 21.9 Å². The summed E-state index contributed by atoms with van der Waals surface area (Å²) >= 11 is 0. The number of rotatable bonds is 1. The highest BCUT2D eigenvalue weighted by Crippen LogP contribution is 2.20. The third-order valence-electron chi connectivity index (χ3n) is 2.48. The molecule has 18 heavy (non-hydrogen) atoms. The van der Waals surface area contributed by atoms with Crippen LogP contribution in [0.2, 0.25) is 0 Å². The molecule has 0 aliphatic heterocycles. The van der Waals surface area contributed by atoms with Gasteiger partial charge in [0.2, 0.25) is 0 Å². The number of hydrogen-bond donors (Lipinski definition) is 0. The number of allylic oxidation sites excluding steroid dienone is 1. The van der Waals surface area contributed by atoms with Crippen LogP contribution in [0.25, 0.3) is 16.8 Å². The molecule has 0 heteroatoms. The number of aryl methyl sites for hydroxylation is 1. The fourth-order valence-corrected chi connectivity index (χ4v) is 1.73. The van der Waals surface area contributed by atoms with Gasteiger partial charge in [0.05, 0.1) is 0 Å². The van der Waals surface area contributed by atoms with Crippen molar-refractivity contribution in [3.63, 3.8) is 0 Å². The van der Waals surface area contributed by atoms with Crippen molar-refractivity contribution in [2.24, 2.45) is 0 Å². The molecule has 0 unspecified atom stereocenters. The summed E-state index contributed by atoms with van der Waals surface area (Å²) < 4.78 is 0. The van der Waals surface area contributed by atoms with Crippen LogP contribution in [0.5, 0.6) is 0 Å². The van der Waals surface area contributed by atoms with E-state index in [9.17, 15) is 0 Å². The highest BCUT2D eigenvalue weighted by molar-refractivity contribution is 5.85. The predicted octanol–water partition coefficient (Wildman–Crippen LogP) is 5.46. The van der Waals surface area contributed by atoms with Crippen LogP contribution in [-0.4, -0.2) is 0 Å². The van der Waals surface area contributed by atoms with E-state index in [0.29, 0.717) is 0 Å². The number of benzene rings is 2. The van der Waals surface area contributed by atoms with Crippen molar-refractivity contribution in [1.29, 1.82) is 0 Å². The van der Waals surface area contributed by atoms with Crippen LogP contribution in [0.3, 0.4) is 0 Å². The molecule has 2 rings (SSSR count). The average Bonchev–Trinajstić information content (AvgIpc) is 2.44. The molecule has 2 aromatic carbocycles. The molecule has 2 aromatic rings. The molecule has 0 saturated heterocycles. The summed E-state index contributed by atoms with van der Waals surface area (Å²) in [5.41, 5.74) is 2.65. The molecule has 0 fully saturated rings. The van der Waals surface area contributed by atoms with Gasteiger partial charge in [-0.3, -0.25) is 0 Å². The summed E-state index contributed by atoms with van der Waals surface area (Å²) in [5.74, 6) is 0. The largest absolute Gasteiger partial charge is 0.124 e. The lowest BCUT2D eigenvalue weighted by Gasteiger charge is -2.03. The van der Waals surface area contributed by atoms with Gasteiger partial charge in [-0.1, -0.05) is 56.3 Å². The number of fused-ring (bicyclic) bond motifs is 1. The minimum Gasteiger partial charge on any atom is -0.124 e. The molecule has 0 aromatic heterocycles. The quantitative estimate of drug-likeness (QED) is 0.579. The van der Waals surface area contributed by atoms with Crippen molar-refractivity contribution in [2.75, 3.05) is 0 Å². The fourth-order valence-electron chi connectivity index (χ4n) is 1.73. The molecule has 0 heterocycles. The monoisotopic (exact) mass is 238 g/mol. The maximum absolute atomic E-state index is 4.00. The summed E-state index contributed by atoms with van der Waals surface area (Å²) in [5, 5.41) is 2.63. The van der Waals surface area contributed by atoms with E-state index in [1.54, 1.807) is 0 Å². The normalized spacial score (nSPS) is 9.22. The Morgan fingerprint density at radius 1 is 0.944 bits per heavy atom. The van der Waals surface area contributed by atoms with Crippen molar-refractivity contribution in [3.8, 4) is 12.8 Å². The Hall–Kier alpha value is -2.00. The minimum absolute atomic E-state index is 1.31. The molecule has 0 amide bonds. The van der Waals surface area contributed by atoms with Crippen LogP contribution in [0.15, 0.2) is 42.5 Å². The van der Waals surface area contributed by atoms with Crippen molar-refractivity contribution in [1.82, 2.24) is 0 Å². The molecule has 0 N–H and O–H groups in total. The van der Waals surface area contributed by atoms with Crippen LogP contribution < -0.4 is 0 Å². The number of hydrogen-bond acceptors (Lipinski definition) is 0. The molecule has 0 saturated carbocycles. The van der Waals surface area contributed by atoms with Gasteiger partial charge >= 0.3 is 0 Å². The Labute approximate surface area is 111 Å². The Bertz CT molecular complexity index is 516. The van der Waals surface area contributed by atoms with Gasteiger partial charge in [-0.05, 0) is 41.8 Å². The highest BCUT2D eigenvalue weighted by atomic mass is 14.0. The predicted molar refractivity (Wildman–Crippen MR) is 84.6 cm³/mol. The van der Waals surface area contributed by atoms with Crippen molar-refractivity contribution >= 4 is 16.8 Å². The SMILES string of the molecule is C#C.C/C=C\c1cc2ccccc2cc1C.CC. The standard InChI is InChI=1S/C14H14.C2H6.C2H2/c1-3-6-12-10-14-8-5-4-7-13(14)9-11(12)2;2*1-2/h3-10H,1-2H3;1-2H3;1-2H/b6-3-;;. The van der Waals surface area contributed by atoms with Crippen LogP contribution in [-0.2, 0) is 0 Å². The zero-order valence-corrected chi connectivity index (χ0v) is 11.8. The highest BCUT2D eigenvalue weighted by Gasteiger charge is 1.97. The molecule has 0 aliphatic rings. The van der Waals surface area contributed by atoms with Gasteiger partial charge in [0.15, 0.2) is 0 Å². The molecule has 0 atom stereocenters. The molecular formula is C18H22. The maximum Gasteiger partial charge on any atom is -0.0178 e. The van der Waals surface area contributed by atoms with E-state index in [1.807, 2.05) is 13.8 Å². The van der Waals surface area contributed by atoms with Gasteiger partial charge in [0.25, 0.3) is 0 Å². The Kier molecular flexibility index (Phi) is 8.07. The third-order valence-corrected chi connectivity index (χ3v) is 2.48. The van der Waals surface area contributed by atoms with Gasteiger partial charge in [0.1, 0.15) is 0 Å². The smallest absolute Gasteiger partial charge is 0.0178 e. The summed E-state index contributed by atoms with van der Waals surface area (Å²) in [6.45, 7) is 8.20. The van der Waals surface area contributed by atoms with Crippen LogP contribution in [0, 0.1) is 19.8 Å². The van der Waals surface area contributed by atoms with Gasteiger partial charge in [-0.2, -0.15) is 0 Å². The average molecular weight is 238 g/mol. The first kappa shape index (κ1) is 16.0. The fraction of sp³-hybridized carbons (Fsp3) is 0.222. The lowest BCUT2D eigenvalue weighted by Crippen LogP contribution is -1.81. The topological polar surface area (TPSA) is 0 Å². The minimum atomic E-state index is 1.31. The molecule has 0 radical (unpaired) electrons. The van der Waals surface area contributed by atoms with Crippen molar-refractivity contribution < 1.29 is 0 Å². The zero-order chi connectivity index (χ0) is 14.0. The Morgan fingerprint density at radius 3 is 1.94 bits per heavy atom. The second-order valence-corrected chi connectivity index (χ2v) is 3.56. The summed E-state index contributed by atoms with van der Waals surface area (Å²) in [4.78, 5) is 0. The molecule has 0 spiro atoms. The summed E-state index contributed by atoms with van der Waals surface area (Å²) in [6.07, 6.45) is 12.2. The van der Waals surface area contributed by atoms with E-state index >= 15 is 0 Å². The van der Waals surface area contributed by atoms with Gasteiger partial charge < -0.3 is 0 Å². The Balaban J connectivity index is 0.000000659. The summed E-state index contributed by atoms with van der Waals surface area (Å²) in [6, 6.07) is 13.0. The third kappa shape index (κ3) is 4.11. The van der Waals surface area contributed by atoms with Gasteiger partial charge in [-0.15, -0.1) is 12.8 Å². The molecule has 0 aliphatic carbocycles. The van der Waals surface area contributed by atoms with Crippen molar-refractivity contribution in [2.45, 2.75) is 27.7 Å². The van der Waals surface area contributed by atoms with E-state index in [0.717, 1.165) is 0 Å². The van der Waals surface area contributed by atoms with Crippen LogP contribution in [0.1, 0.15) is 31.9 Å². The molecule has 0 nitrogen and oxygen atoms in total. The van der Waals surface area contributed by atoms with Gasteiger partial charge in [0, 0.05) is 0 Å². The molecule has 94 valence electrons. The lowest BCUT2D eigenvalue weighted by atomic mass is 10.0. The van der Waals surface area contributed by atoms with E-state index in [-0.39, 0.29) is 0 Å². The molecule has 0 bridgehead atoms. The first-order valence-electron chi connectivity index (χ1n) is 6.26. The maximum atomic E-state index is 4.00. The first-order chi connectivity index (χ1) is 8.81. The van der Waals surface area contributed by atoms with Crippen molar-refractivity contribution in [3.05, 3.63) is 53.6 Å². The van der Waals surface area contributed by atoms with E-state index in [4.69, 9.17) is 0 Å². The van der Waals surface area contributed by atoms with E-state index < -0.39 is 0 Å². The van der Waals surface area contributed by atoms with Gasteiger partial charge in [-0.25, -0.2) is 0 Å². The number of terminal acetylenes is 1. The summed E-state index contributed by atoms with van der Waals surface area (Å²) in [7, 11) is 0. The second-order valence-electron chi connectivity index (χ2n) is 3.56.